The number of carboxylic acids is 1. The van der Waals surface area contributed by atoms with Crippen molar-refractivity contribution < 1.29 is 19.4 Å². The lowest BCUT2D eigenvalue weighted by molar-refractivity contribution is -0.138. The lowest BCUT2D eigenvalue weighted by Crippen LogP contribution is -2.34. The van der Waals surface area contributed by atoms with Gasteiger partial charge >= 0.3 is 5.97 Å². The second kappa shape index (κ2) is 7.38. The van der Waals surface area contributed by atoms with Gasteiger partial charge in [-0.2, -0.15) is 0 Å². The summed E-state index contributed by atoms with van der Waals surface area (Å²) < 4.78 is 5.14. The van der Waals surface area contributed by atoms with Gasteiger partial charge in [-0.3, -0.25) is 9.59 Å². The third-order valence-electron chi connectivity index (χ3n) is 4.42. The van der Waals surface area contributed by atoms with Crippen LogP contribution in [-0.4, -0.2) is 24.1 Å². The number of benzene rings is 2. The molecule has 0 fully saturated rings. The molecule has 0 aliphatic heterocycles. The van der Waals surface area contributed by atoms with Gasteiger partial charge in [0.15, 0.2) is 0 Å². The molecule has 5 nitrogen and oxygen atoms in total. The van der Waals surface area contributed by atoms with Crippen LogP contribution in [0.2, 0.25) is 0 Å². The molecule has 132 valence electrons. The van der Waals surface area contributed by atoms with Crippen molar-refractivity contribution in [2.45, 2.75) is 32.1 Å². The van der Waals surface area contributed by atoms with E-state index in [1.54, 1.807) is 38.3 Å². The maximum absolute atomic E-state index is 12.7. The fourth-order valence-electron chi connectivity index (χ4n) is 2.42. The van der Waals surface area contributed by atoms with Crippen molar-refractivity contribution in [1.82, 2.24) is 0 Å². The number of carbonyl (C=O) groups excluding carboxylic acids is 1. The third-order valence-corrected chi connectivity index (χ3v) is 4.42. The highest BCUT2D eigenvalue weighted by Crippen LogP contribution is 2.27. The average Bonchev–Trinajstić information content (AvgIpc) is 2.61. The summed E-state index contributed by atoms with van der Waals surface area (Å²) in [7, 11) is 1.60. The van der Waals surface area contributed by atoms with Crippen molar-refractivity contribution in [2.24, 2.45) is 0 Å². The second-order valence-corrected chi connectivity index (χ2v) is 6.49. The van der Waals surface area contributed by atoms with Gasteiger partial charge in [0.05, 0.1) is 18.4 Å². The first kappa shape index (κ1) is 18.5. The standard InChI is InChI=1S/C20H23NO4/c1-13(18(22)23)14-5-9-16(10-6-14)21-19(24)20(2,3)15-7-11-17(25-4)12-8-15/h5-13H,1-4H3,(H,21,24)(H,22,23). The SMILES string of the molecule is COc1ccc(C(C)(C)C(=O)Nc2ccc(C(C)C(=O)O)cc2)cc1. The number of anilines is 1. The van der Waals surface area contributed by atoms with Gasteiger partial charge in [-0.25, -0.2) is 0 Å². The molecule has 2 N–H and O–H groups in total. The maximum atomic E-state index is 12.7. The van der Waals surface area contributed by atoms with E-state index in [-0.39, 0.29) is 5.91 Å². The van der Waals surface area contributed by atoms with E-state index in [0.717, 1.165) is 11.3 Å². The van der Waals surface area contributed by atoms with Gasteiger partial charge in [-0.15, -0.1) is 0 Å². The predicted octanol–water partition coefficient (Wildman–Crippen LogP) is 3.80. The van der Waals surface area contributed by atoms with E-state index in [9.17, 15) is 9.59 Å². The molecule has 2 aromatic rings. The van der Waals surface area contributed by atoms with E-state index in [1.165, 1.54) is 0 Å². The minimum Gasteiger partial charge on any atom is -0.497 e. The minimum atomic E-state index is -0.877. The zero-order chi connectivity index (χ0) is 18.6. The van der Waals surface area contributed by atoms with E-state index in [2.05, 4.69) is 5.32 Å². The van der Waals surface area contributed by atoms with Crippen molar-refractivity contribution in [3.8, 4) is 5.75 Å². The maximum Gasteiger partial charge on any atom is 0.310 e. The molecule has 0 bridgehead atoms. The first-order valence-electron chi connectivity index (χ1n) is 8.04. The molecular weight excluding hydrogens is 318 g/mol. The molecule has 25 heavy (non-hydrogen) atoms. The van der Waals surface area contributed by atoms with Crippen molar-refractivity contribution in [3.63, 3.8) is 0 Å². The molecule has 5 heteroatoms. The topological polar surface area (TPSA) is 75.6 Å². The summed E-state index contributed by atoms with van der Waals surface area (Å²) in [6, 6.07) is 14.3. The summed E-state index contributed by atoms with van der Waals surface area (Å²) in [6.45, 7) is 5.33. The number of rotatable bonds is 6. The molecule has 0 saturated carbocycles. The molecule has 2 aromatic carbocycles. The fourth-order valence-corrected chi connectivity index (χ4v) is 2.42. The van der Waals surface area contributed by atoms with Gasteiger partial charge in [-0.05, 0) is 56.2 Å². The summed E-state index contributed by atoms with van der Waals surface area (Å²) in [4.78, 5) is 23.7. The molecule has 0 aliphatic carbocycles. The number of ether oxygens (including phenoxy) is 1. The normalized spacial score (nSPS) is 12.3. The lowest BCUT2D eigenvalue weighted by Gasteiger charge is -2.24. The predicted molar refractivity (Wildman–Crippen MR) is 97.1 cm³/mol. The smallest absolute Gasteiger partial charge is 0.310 e. The summed E-state index contributed by atoms with van der Waals surface area (Å²) >= 11 is 0. The first-order chi connectivity index (χ1) is 11.8. The highest BCUT2D eigenvalue weighted by Gasteiger charge is 2.30. The number of nitrogens with one attached hydrogen (secondary N) is 1. The Balaban J connectivity index is 2.13. The van der Waals surface area contributed by atoms with Crippen LogP contribution >= 0.6 is 0 Å². The largest absolute Gasteiger partial charge is 0.497 e. The Bertz CT molecular complexity index is 748. The van der Waals surface area contributed by atoms with Crippen LogP contribution < -0.4 is 10.1 Å². The van der Waals surface area contributed by atoms with Crippen LogP contribution in [0.5, 0.6) is 5.75 Å². The molecule has 0 saturated heterocycles. The molecule has 0 heterocycles. The molecule has 1 unspecified atom stereocenters. The van der Waals surface area contributed by atoms with Crippen LogP contribution in [0.25, 0.3) is 0 Å². The van der Waals surface area contributed by atoms with Crippen molar-refractivity contribution in [2.75, 3.05) is 12.4 Å². The zero-order valence-electron chi connectivity index (χ0n) is 14.9. The number of amides is 1. The van der Waals surface area contributed by atoms with Crippen LogP contribution in [0.15, 0.2) is 48.5 Å². The van der Waals surface area contributed by atoms with E-state index in [4.69, 9.17) is 9.84 Å². The monoisotopic (exact) mass is 341 g/mol. The summed E-state index contributed by atoms with van der Waals surface area (Å²) in [5, 5.41) is 11.9. The van der Waals surface area contributed by atoms with Crippen molar-refractivity contribution in [1.29, 1.82) is 0 Å². The molecular formula is C20H23NO4. The van der Waals surface area contributed by atoms with Crippen molar-refractivity contribution >= 4 is 17.6 Å². The summed E-state index contributed by atoms with van der Waals surface area (Å²) in [5.74, 6) is -0.863. The van der Waals surface area contributed by atoms with Gasteiger partial charge < -0.3 is 15.2 Å². The highest BCUT2D eigenvalue weighted by atomic mass is 16.5. The van der Waals surface area contributed by atoms with Crippen LogP contribution in [-0.2, 0) is 15.0 Å². The Morgan fingerprint density at radius 3 is 2.08 bits per heavy atom. The molecule has 0 aromatic heterocycles. The third kappa shape index (κ3) is 4.18. The van der Waals surface area contributed by atoms with Gasteiger partial charge in [0.1, 0.15) is 5.75 Å². The minimum absolute atomic E-state index is 0.142. The van der Waals surface area contributed by atoms with Crippen LogP contribution in [0.1, 0.15) is 37.8 Å². The van der Waals surface area contributed by atoms with Gasteiger partial charge in [0.25, 0.3) is 0 Å². The van der Waals surface area contributed by atoms with Crippen molar-refractivity contribution in [3.05, 3.63) is 59.7 Å². The Hall–Kier alpha value is -2.82. The van der Waals surface area contributed by atoms with Crippen LogP contribution in [0.4, 0.5) is 5.69 Å². The summed E-state index contributed by atoms with van der Waals surface area (Å²) in [6.07, 6.45) is 0. The highest BCUT2D eigenvalue weighted by molar-refractivity contribution is 5.98. The van der Waals surface area contributed by atoms with E-state index >= 15 is 0 Å². The Labute approximate surface area is 147 Å². The van der Waals surface area contributed by atoms with E-state index in [0.29, 0.717) is 11.3 Å². The lowest BCUT2D eigenvalue weighted by atomic mass is 9.83. The number of aliphatic carboxylic acids is 1. The number of hydrogen-bond acceptors (Lipinski definition) is 3. The zero-order valence-corrected chi connectivity index (χ0v) is 14.9. The number of hydrogen-bond donors (Lipinski definition) is 2. The van der Waals surface area contributed by atoms with E-state index in [1.807, 2.05) is 38.1 Å². The first-order valence-corrected chi connectivity index (χ1v) is 8.04. The Morgan fingerprint density at radius 1 is 1.04 bits per heavy atom. The number of carboxylic acid groups (broad SMARTS) is 1. The fraction of sp³-hybridized carbons (Fsp3) is 0.300. The van der Waals surface area contributed by atoms with Gasteiger partial charge in [-0.1, -0.05) is 24.3 Å². The number of carbonyl (C=O) groups is 2. The second-order valence-electron chi connectivity index (χ2n) is 6.49. The Morgan fingerprint density at radius 2 is 1.60 bits per heavy atom. The van der Waals surface area contributed by atoms with Gasteiger partial charge in [0, 0.05) is 5.69 Å². The van der Waals surface area contributed by atoms with E-state index < -0.39 is 17.3 Å². The van der Waals surface area contributed by atoms with Crippen LogP contribution in [0.3, 0.4) is 0 Å². The average molecular weight is 341 g/mol. The van der Waals surface area contributed by atoms with Crippen LogP contribution in [0, 0.1) is 0 Å². The molecule has 0 aliphatic rings. The number of methoxy groups -OCH3 is 1. The molecule has 0 radical (unpaired) electrons. The quantitative estimate of drug-likeness (QED) is 0.838. The molecule has 0 spiro atoms. The molecule has 1 atom stereocenters. The summed E-state index contributed by atoms with van der Waals surface area (Å²) in [5.41, 5.74) is 1.48. The molecule has 1 amide bonds. The van der Waals surface area contributed by atoms with Gasteiger partial charge in [0.2, 0.25) is 5.91 Å². The molecule has 2 rings (SSSR count). The Kier molecular flexibility index (Phi) is 5.47.